The molecule has 1 unspecified atom stereocenters. The number of cyclic esters (lactones) is 1. The van der Waals surface area contributed by atoms with Crippen LogP contribution in [0.1, 0.15) is 26.3 Å². The summed E-state index contributed by atoms with van der Waals surface area (Å²) in [7, 11) is 1.26. The number of esters is 1. The summed E-state index contributed by atoms with van der Waals surface area (Å²) < 4.78 is 20.3. The summed E-state index contributed by atoms with van der Waals surface area (Å²) in [5.74, 6) is -0.00287. The number of carbonyl (C=O) groups is 3. The van der Waals surface area contributed by atoms with Gasteiger partial charge in [-0.2, -0.15) is 0 Å². The van der Waals surface area contributed by atoms with Crippen LogP contribution >= 0.6 is 0 Å². The van der Waals surface area contributed by atoms with Gasteiger partial charge in [0, 0.05) is 6.42 Å². The third-order valence-electron chi connectivity index (χ3n) is 3.77. The third kappa shape index (κ3) is 6.64. The second kappa shape index (κ2) is 9.29. The first-order chi connectivity index (χ1) is 13.2. The summed E-state index contributed by atoms with van der Waals surface area (Å²) in [6, 6.07) is 6.09. The Labute approximate surface area is 163 Å². The van der Waals surface area contributed by atoms with Crippen molar-refractivity contribution in [2.75, 3.05) is 27.0 Å². The molecular weight excluding hydrogens is 368 g/mol. The Kier molecular flexibility index (Phi) is 7.08. The molecule has 154 valence electrons. The van der Waals surface area contributed by atoms with Crippen molar-refractivity contribution in [3.05, 3.63) is 29.8 Å². The molecule has 0 bridgehead atoms. The zero-order chi connectivity index (χ0) is 20.7. The predicted octanol–water partition coefficient (Wildman–Crippen LogP) is 2.08. The van der Waals surface area contributed by atoms with Crippen LogP contribution in [0, 0.1) is 0 Å². The fourth-order valence-corrected chi connectivity index (χ4v) is 2.44. The summed E-state index contributed by atoms with van der Waals surface area (Å²) in [4.78, 5) is 36.8. The van der Waals surface area contributed by atoms with E-state index in [4.69, 9.17) is 18.9 Å². The van der Waals surface area contributed by atoms with Crippen molar-refractivity contribution in [1.29, 1.82) is 0 Å². The molecule has 1 aliphatic rings. The van der Waals surface area contributed by atoms with Gasteiger partial charge in [0.15, 0.2) is 6.73 Å². The van der Waals surface area contributed by atoms with Gasteiger partial charge in [0.05, 0.1) is 13.7 Å². The van der Waals surface area contributed by atoms with Crippen molar-refractivity contribution < 1.29 is 33.3 Å². The summed E-state index contributed by atoms with van der Waals surface area (Å²) in [5.41, 5.74) is 0.116. The standard InChI is InChI=1S/C19H26N2O7/c1-19(2,3)28-17(23)20-15(16(22)25-4)11-13-5-7-14(8-6-13)27-12-21-9-10-26-18(21)24/h5-8,15H,9-12H2,1-4H3,(H,20,23). The Morgan fingerprint density at radius 1 is 1.25 bits per heavy atom. The number of rotatable bonds is 7. The lowest BCUT2D eigenvalue weighted by Crippen LogP contribution is -2.45. The van der Waals surface area contributed by atoms with E-state index in [0.717, 1.165) is 5.56 Å². The molecule has 0 radical (unpaired) electrons. The molecule has 0 aromatic heterocycles. The highest BCUT2D eigenvalue weighted by molar-refractivity contribution is 5.81. The van der Waals surface area contributed by atoms with Crippen LogP contribution in [0.4, 0.5) is 9.59 Å². The van der Waals surface area contributed by atoms with E-state index >= 15 is 0 Å². The fraction of sp³-hybridized carbons (Fsp3) is 0.526. The van der Waals surface area contributed by atoms with Gasteiger partial charge < -0.3 is 24.3 Å². The number of nitrogens with zero attached hydrogens (tertiary/aromatic N) is 1. The van der Waals surface area contributed by atoms with E-state index in [1.807, 2.05) is 0 Å². The van der Waals surface area contributed by atoms with Crippen LogP contribution in [-0.2, 0) is 25.4 Å². The maximum atomic E-state index is 12.0. The Morgan fingerprint density at radius 3 is 2.46 bits per heavy atom. The van der Waals surface area contributed by atoms with Crippen molar-refractivity contribution >= 4 is 18.2 Å². The summed E-state index contributed by atoms with van der Waals surface area (Å²) in [5, 5.41) is 2.53. The van der Waals surface area contributed by atoms with Gasteiger partial charge in [-0.25, -0.2) is 14.4 Å². The highest BCUT2D eigenvalue weighted by Crippen LogP contribution is 2.15. The molecule has 1 aromatic rings. The monoisotopic (exact) mass is 394 g/mol. The Hall–Kier alpha value is -2.97. The molecule has 0 aliphatic carbocycles. The number of hydrogen-bond acceptors (Lipinski definition) is 7. The van der Waals surface area contributed by atoms with Gasteiger partial charge in [-0.15, -0.1) is 0 Å². The highest BCUT2D eigenvalue weighted by atomic mass is 16.6. The molecule has 1 heterocycles. The van der Waals surface area contributed by atoms with Crippen molar-refractivity contribution in [3.63, 3.8) is 0 Å². The van der Waals surface area contributed by atoms with Crippen LogP contribution in [0.3, 0.4) is 0 Å². The smallest absolute Gasteiger partial charge is 0.412 e. The van der Waals surface area contributed by atoms with E-state index in [0.29, 0.717) is 18.9 Å². The van der Waals surface area contributed by atoms with Crippen molar-refractivity contribution in [2.45, 2.75) is 38.8 Å². The maximum absolute atomic E-state index is 12.0. The molecule has 1 N–H and O–H groups in total. The molecule has 1 aromatic carbocycles. The molecule has 1 aliphatic heterocycles. The molecular formula is C19H26N2O7. The minimum atomic E-state index is -0.883. The zero-order valence-electron chi connectivity index (χ0n) is 16.5. The number of amides is 2. The lowest BCUT2D eigenvalue weighted by atomic mass is 10.1. The van der Waals surface area contributed by atoms with E-state index in [-0.39, 0.29) is 13.2 Å². The van der Waals surface area contributed by atoms with Crippen LogP contribution in [-0.4, -0.2) is 61.7 Å². The first kappa shape index (κ1) is 21.3. The van der Waals surface area contributed by atoms with Gasteiger partial charge >= 0.3 is 18.2 Å². The van der Waals surface area contributed by atoms with E-state index < -0.39 is 29.8 Å². The largest absolute Gasteiger partial charge is 0.473 e. The van der Waals surface area contributed by atoms with Crippen LogP contribution in [0.25, 0.3) is 0 Å². The molecule has 0 spiro atoms. The minimum Gasteiger partial charge on any atom is -0.473 e. The van der Waals surface area contributed by atoms with Crippen LogP contribution in [0.5, 0.6) is 5.75 Å². The van der Waals surface area contributed by atoms with Crippen LogP contribution < -0.4 is 10.1 Å². The SMILES string of the molecule is COC(=O)C(Cc1ccc(OCN2CCOC2=O)cc1)NC(=O)OC(C)(C)C. The van der Waals surface area contributed by atoms with E-state index in [2.05, 4.69) is 5.32 Å². The summed E-state index contributed by atoms with van der Waals surface area (Å²) >= 11 is 0. The van der Waals surface area contributed by atoms with Crippen molar-refractivity contribution in [1.82, 2.24) is 10.2 Å². The highest BCUT2D eigenvalue weighted by Gasteiger charge is 2.25. The molecule has 1 atom stereocenters. The number of methoxy groups -OCH3 is 1. The quantitative estimate of drug-likeness (QED) is 0.558. The Bertz CT molecular complexity index is 697. The topological polar surface area (TPSA) is 103 Å². The Morgan fingerprint density at radius 2 is 1.93 bits per heavy atom. The van der Waals surface area contributed by atoms with E-state index in [1.165, 1.54) is 12.0 Å². The lowest BCUT2D eigenvalue weighted by Gasteiger charge is -2.22. The normalized spacial score (nSPS) is 14.9. The molecule has 0 saturated carbocycles. The van der Waals surface area contributed by atoms with Gasteiger partial charge in [0.25, 0.3) is 0 Å². The van der Waals surface area contributed by atoms with E-state index in [1.54, 1.807) is 45.0 Å². The van der Waals surface area contributed by atoms with Gasteiger partial charge in [0.2, 0.25) is 0 Å². The summed E-state index contributed by atoms with van der Waals surface area (Å²) in [6.07, 6.45) is -0.865. The van der Waals surface area contributed by atoms with E-state index in [9.17, 15) is 14.4 Å². The number of nitrogens with one attached hydrogen (secondary N) is 1. The van der Waals surface area contributed by atoms with Gasteiger partial charge in [-0.1, -0.05) is 12.1 Å². The third-order valence-corrected chi connectivity index (χ3v) is 3.77. The number of ether oxygens (including phenoxy) is 4. The van der Waals surface area contributed by atoms with Crippen LogP contribution in [0.15, 0.2) is 24.3 Å². The molecule has 28 heavy (non-hydrogen) atoms. The zero-order valence-corrected chi connectivity index (χ0v) is 16.5. The fourth-order valence-electron chi connectivity index (χ4n) is 2.44. The number of hydrogen-bond donors (Lipinski definition) is 1. The maximum Gasteiger partial charge on any atom is 0.412 e. The first-order valence-corrected chi connectivity index (χ1v) is 8.89. The first-order valence-electron chi connectivity index (χ1n) is 8.89. The Balaban J connectivity index is 1.93. The predicted molar refractivity (Wildman–Crippen MR) is 98.9 cm³/mol. The second-order valence-electron chi connectivity index (χ2n) is 7.22. The van der Waals surface area contributed by atoms with Crippen LogP contribution in [0.2, 0.25) is 0 Å². The average Bonchev–Trinajstić information content (AvgIpc) is 3.03. The van der Waals surface area contributed by atoms with Crippen molar-refractivity contribution in [2.24, 2.45) is 0 Å². The molecule has 9 heteroatoms. The second-order valence-corrected chi connectivity index (χ2v) is 7.22. The summed E-state index contributed by atoms with van der Waals surface area (Å²) in [6.45, 7) is 6.17. The molecule has 2 rings (SSSR count). The van der Waals surface area contributed by atoms with Gasteiger partial charge in [-0.3, -0.25) is 4.90 Å². The number of benzene rings is 1. The number of alkyl carbamates (subject to hydrolysis) is 1. The molecule has 9 nitrogen and oxygen atoms in total. The molecule has 2 amide bonds. The molecule has 1 saturated heterocycles. The van der Waals surface area contributed by atoms with Gasteiger partial charge in [0.1, 0.15) is 24.0 Å². The van der Waals surface area contributed by atoms with Gasteiger partial charge in [-0.05, 0) is 38.5 Å². The minimum absolute atomic E-state index is 0.100. The average molecular weight is 394 g/mol. The lowest BCUT2D eigenvalue weighted by molar-refractivity contribution is -0.143. The number of carbonyl (C=O) groups excluding carboxylic acids is 3. The van der Waals surface area contributed by atoms with Crippen molar-refractivity contribution in [3.8, 4) is 5.75 Å². The molecule has 1 fully saturated rings.